The van der Waals surface area contributed by atoms with Crippen molar-refractivity contribution in [3.8, 4) is 17.2 Å². The summed E-state index contributed by atoms with van der Waals surface area (Å²) in [5.41, 5.74) is 2.66. The first-order chi connectivity index (χ1) is 14.1. The van der Waals surface area contributed by atoms with Gasteiger partial charge in [-0.1, -0.05) is 6.07 Å². The highest BCUT2D eigenvalue weighted by atomic mass is 16.5. The largest absolute Gasteiger partial charge is 0.497 e. The average Bonchev–Trinajstić information content (AvgIpc) is 3.12. The van der Waals surface area contributed by atoms with Crippen molar-refractivity contribution < 1.29 is 23.4 Å². The van der Waals surface area contributed by atoms with Gasteiger partial charge in [-0.3, -0.25) is 4.79 Å². The Morgan fingerprint density at radius 3 is 2.59 bits per heavy atom. The fraction of sp³-hybridized carbons (Fsp3) is 0.348. The molecule has 6 nitrogen and oxygen atoms in total. The number of hydrogen-bond acceptors (Lipinski definition) is 5. The summed E-state index contributed by atoms with van der Waals surface area (Å²) in [6.07, 6.45) is 2.61. The van der Waals surface area contributed by atoms with Crippen molar-refractivity contribution in [2.24, 2.45) is 0 Å². The third kappa shape index (κ3) is 5.22. The van der Waals surface area contributed by atoms with E-state index in [1.54, 1.807) is 13.4 Å². The molecule has 0 aliphatic carbocycles. The molecule has 0 saturated carbocycles. The maximum Gasteiger partial charge on any atom is 0.224 e. The highest BCUT2D eigenvalue weighted by molar-refractivity contribution is 5.88. The minimum Gasteiger partial charge on any atom is -0.497 e. The maximum atomic E-state index is 12.4. The summed E-state index contributed by atoms with van der Waals surface area (Å²) in [5.74, 6) is 2.16. The van der Waals surface area contributed by atoms with Gasteiger partial charge in [0, 0.05) is 23.6 Å². The molecule has 0 saturated heterocycles. The van der Waals surface area contributed by atoms with E-state index in [4.69, 9.17) is 18.6 Å². The average molecular weight is 397 g/mol. The molecule has 0 unspecified atom stereocenters. The quantitative estimate of drug-likeness (QED) is 0.557. The second-order valence-corrected chi connectivity index (χ2v) is 6.55. The SMILES string of the molecule is CCOc1ccc(CCNC(=O)Cc2coc3cc(OC)ccc23)cc1OCC. The zero-order valence-corrected chi connectivity index (χ0v) is 17.1. The number of carbonyl (C=O) groups excluding carboxylic acids is 1. The van der Waals surface area contributed by atoms with E-state index in [-0.39, 0.29) is 12.3 Å². The van der Waals surface area contributed by atoms with E-state index in [0.29, 0.717) is 31.8 Å². The number of nitrogens with one attached hydrogen (secondary N) is 1. The molecule has 29 heavy (non-hydrogen) atoms. The predicted molar refractivity (Wildman–Crippen MR) is 112 cm³/mol. The number of furan rings is 1. The van der Waals surface area contributed by atoms with Gasteiger partial charge in [0.05, 0.1) is 33.0 Å². The summed E-state index contributed by atoms with van der Waals surface area (Å²) in [7, 11) is 1.61. The van der Waals surface area contributed by atoms with Crippen molar-refractivity contribution in [1.29, 1.82) is 0 Å². The molecule has 0 spiro atoms. The second-order valence-electron chi connectivity index (χ2n) is 6.55. The van der Waals surface area contributed by atoms with Crippen molar-refractivity contribution >= 4 is 16.9 Å². The topological polar surface area (TPSA) is 69.9 Å². The lowest BCUT2D eigenvalue weighted by Gasteiger charge is -2.12. The van der Waals surface area contributed by atoms with Gasteiger partial charge in [0.1, 0.15) is 11.3 Å². The fourth-order valence-corrected chi connectivity index (χ4v) is 3.16. The number of hydrogen-bond donors (Lipinski definition) is 1. The smallest absolute Gasteiger partial charge is 0.224 e. The van der Waals surface area contributed by atoms with Gasteiger partial charge in [0.15, 0.2) is 11.5 Å². The Bertz CT molecular complexity index is 963. The Morgan fingerprint density at radius 2 is 1.83 bits per heavy atom. The van der Waals surface area contributed by atoms with E-state index in [0.717, 1.165) is 33.8 Å². The third-order valence-electron chi connectivity index (χ3n) is 4.56. The number of amides is 1. The van der Waals surface area contributed by atoms with E-state index < -0.39 is 0 Å². The van der Waals surface area contributed by atoms with Crippen LogP contribution in [0, 0.1) is 0 Å². The first-order valence-corrected chi connectivity index (χ1v) is 9.84. The summed E-state index contributed by atoms with van der Waals surface area (Å²) in [4.78, 5) is 12.4. The number of benzene rings is 2. The first-order valence-electron chi connectivity index (χ1n) is 9.84. The molecule has 1 heterocycles. The van der Waals surface area contributed by atoms with Crippen LogP contribution in [0.5, 0.6) is 17.2 Å². The molecule has 0 radical (unpaired) electrons. The summed E-state index contributed by atoms with van der Waals surface area (Å²) < 4.78 is 22.0. The van der Waals surface area contributed by atoms with Crippen LogP contribution in [0.15, 0.2) is 47.1 Å². The van der Waals surface area contributed by atoms with Gasteiger partial charge in [-0.15, -0.1) is 0 Å². The van der Waals surface area contributed by atoms with Gasteiger partial charge in [-0.2, -0.15) is 0 Å². The standard InChI is InChI=1S/C23H27NO5/c1-4-27-20-9-6-16(12-22(20)28-5-2)10-11-24-23(25)13-17-15-29-21-14-18(26-3)7-8-19(17)21/h6-9,12,14-15H,4-5,10-11,13H2,1-3H3,(H,24,25). The van der Waals surface area contributed by atoms with Gasteiger partial charge in [-0.25, -0.2) is 0 Å². The zero-order chi connectivity index (χ0) is 20.6. The molecule has 0 fully saturated rings. The van der Waals surface area contributed by atoms with Crippen LogP contribution in [0.1, 0.15) is 25.0 Å². The minimum absolute atomic E-state index is 0.0421. The summed E-state index contributed by atoms with van der Waals surface area (Å²) in [5, 5.41) is 3.90. The lowest BCUT2D eigenvalue weighted by molar-refractivity contribution is -0.120. The minimum atomic E-state index is -0.0421. The molecule has 2 aromatic carbocycles. The molecule has 0 aliphatic rings. The van der Waals surface area contributed by atoms with Crippen LogP contribution < -0.4 is 19.5 Å². The number of fused-ring (bicyclic) bond motifs is 1. The lowest BCUT2D eigenvalue weighted by atomic mass is 10.1. The molecular weight excluding hydrogens is 370 g/mol. The number of rotatable bonds is 10. The van der Waals surface area contributed by atoms with Crippen LogP contribution in [-0.2, 0) is 17.6 Å². The molecule has 1 aromatic heterocycles. The molecule has 154 valence electrons. The Kier molecular flexibility index (Phi) is 7.00. The Hall–Kier alpha value is -3.15. The molecule has 6 heteroatoms. The Balaban J connectivity index is 1.55. The molecule has 3 rings (SSSR count). The van der Waals surface area contributed by atoms with Crippen molar-refractivity contribution in [3.05, 3.63) is 53.8 Å². The monoisotopic (exact) mass is 397 g/mol. The summed E-state index contributed by atoms with van der Waals surface area (Å²) in [6, 6.07) is 11.5. The highest BCUT2D eigenvalue weighted by Gasteiger charge is 2.11. The number of methoxy groups -OCH3 is 1. The van der Waals surface area contributed by atoms with E-state index in [9.17, 15) is 4.79 Å². The van der Waals surface area contributed by atoms with Gasteiger partial charge >= 0.3 is 0 Å². The van der Waals surface area contributed by atoms with E-state index in [1.807, 2.05) is 50.2 Å². The summed E-state index contributed by atoms with van der Waals surface area (Å²) in [6.45, 7) is 5.59. The molecule has 1 amide bonds. The molecule has 0 atom stereocenters. The molecular formula is C23H27NO5. The van der Waals surface area contributed by atoms with E-state index in [2.05, 4.69) is 5.32 Å². The number of carbonyl (C=O) groups is 1. The molecule has 0 bridgehead atoms. The third-order valence-corrected chi connectivity index (χ3v) is 4.56. The van der Waals surface area contributed by atoms with Crippen LogP contribution in [0.2, 0.25) is 0 Å². The van der Waals surface area contributed by atoms with Crippen molar-refractivity contribution in [1.82, 2.24) is 5.32 Å². The molecule has 0 aliphatic heterocycles. The van der Waals surface area contributed by atoms with Crippen LogP contribution in [0.25, 0.3) is 11.0 Å². The van der Waals surface area contributed by atoms with Crippen LogP contribution in [0.4, 0.5) is 0 Å². The van der Waals surface area contributed by atoms with E-state index >= 15 is 0 Å². The summed E-state index contributed by atoms with van der Waals surface area (Å²) >= 11 is 0. The maximum absolute atomic E-state index is 12.4. The van der Waals surface area contributed by atoms with Gasteiger partial charge in [0.25, 0.3) is 0 Å². The second kappa shape index (κ2) is 9.87. The van der Waals surface area contributed by atoms with E-state index in [1.165, 1.54) is 0 Å². The van der Waals surface area contributed by atoms with Crippen molar-refractivity contribution in [2.45, 2.75) is 26.7 Å². The Morgan fingerprint density at radius 1 is 1.03 bits per heavy atom. The normalized spacial score (nSPS) is 10.7. The highest BCUT2D eigenvalue weighted by Crippen LogP contribution is 2.29. The molecule has 1 N–H and O–H groups in total. The number of ether oxygens (including phenoxy) is 3. The van der Waals surface area contributed by atoms with Crippen LogP contribution >= 0.6 is 0 Å². The zero-order valence-electron chi connectivity index (χ0n) is 17.1. The Labute approximate surface area is 170 Å². The predicted octanol–water partition coefficient (Wildman–Crippen LogP) is 4.14. The fourth-order valence-electron chi connectivity index (χ4n) is 3.16. The molecule has 3 aromatic rings. The first kappa shape index (κ1) is 20.6. The van der Waals surface area contributed by atoms with Crippen molar-refractivity contribution in [2.75, 3.05) is 26.9 Å². The van der Waals surface area contributed by atoms with Gasteiger partial charge in [-0.05, 0) is 50.1 Å². The van der Waals surface area contributed by atoms with Crippen LogP contribution in [0.3, 0.4) is 0 Å². The van der Waals surface area contributed by atoms with Gasteiger partial charge < -0.3 is 23.9 Å². The van der Waals surface area contributed by atoms with Crippen molar-refractivity contribution in [3.63, 3.8) is 0 Å². The van der Waals surface area contributed by atoms with Crippen LogP contribution in [-0.4, -0.2) is 32.8 Å². The van der Waals surface area contributed by atoms with Gasteiger partial charge in [0.2, 0.25) is 5.91 Å². The lowest BCUT2D eigenvalue weighted by Crippen LogP contribution is -2.27.